The lowest BCUT2D eigenvalue weighted by Crippen LogP contribution is -2.46. The summed E-state index contributed by atoms with van der Waals surface area (Å²) in [6.45, 7) is 4.56. The molecular weight excluding hydrogens is 332 g/mol. The molecule has 130 valence electrons. The number of rotatable bonds is 7. The van der Waals surface area contributed by atoms with E-state index >= 15 is 0 Å². The highest BCUT2D eigenvalue weighted by Crippen LogP contribution is 2.24. The molecule has 0 atom stereocenters. The third-order valence-electron chi connectivity index (χ3n) is 4.12. The molecule has 1 N–H and O–H groups in total. The number of carbonyl (C=O) groups excluding carboxylic acids is 4. The van der Waals surface area contributed by atoms with Crippen molar-refractivity contribution in [3.63, 3.8) is 0 Å². The van der Waals surface area contributed by atoms with Gasteiger partial charge in [-0.1, -0.05) is 13.8 Å². The van der Waals surface area contributed by atoms with Crippen molar-refractivity contribution in [2.75, 3.05) is 13.2 Å². The summed E-state index contributed by atoms with van der Waals surface area (Å²) < 4.78 is 4.91. The first-order valence-electron chi connectivity index (χ1n) is 7.72. The molecule has 1 aliphatic heterocycles. The van der Waals surface area contributed by atoms with Gasteiger partial charge in [0.05, 0.1) is 4.88 Å². The number of amides is 3. The molecule has 1 aromatic heterocycles. The number of ketones is 1. The fraction of sp³-hybridized carbons (Fsp3) is 0.500. The topological polar surface area (TPSA) is 92.8 Å². The molecule has 1 saturated heterocycles. The Morgan fingerprint density at radius 3 is 2.42 bits per heavy atom. The summed E-state index contributed by atoms with van der Waals surface area (Å²) in [4.78, 5) is 50.4. The van der Waals surface area contributed by atoms with Crippen molar-refractivity contribution in [3.8, 4) is 0 Å². The van der Waals surface area contributed by atoms with E-state index < -0.39 is 36.6 Å². The molecule has 2 rings (SSSR count). The Bertz CT molecular complexity index is 678. The highest BCUT2D eigenvalue weighted by atomic mass is 32.1. The molecule has 0 aliphatic carbocycles. The van der Waals surface area contributed by atoms with Crippen LogP contribution in [0.1, 0.15) is 41.2 Å². The first kappa shape index (κ1) is 18.1. The van der Waals surface area contributed by atoms with Crippen LogP contribution in [0.5, 0.6) is 0 Å². The maximum atomic E-state index is 12.4. The van der Waals surface area contributed by atoms with Crippen LogP contribution < -0.4 is 5.32 Å². The highest BCUT2D eigenvalue weighted by molar-refractivity contribution is 7.14. The molecule has 0 bridgehead atoms. The summed E-state index contributed by atoms with van der Waals surface area (Å²) in [5, 5.41) is 2.63. The molecule has 1 fully saturated rings. The molecule has 24 heavy (non-hydrogen) atoms. The smallest absolute Gasteiger partial charge is 0.326 e. The predicted molar refractivity (Wildman–Crippen MR) is 87.9 cm³/mol. The monoisotopic (exact) mass is 352 g/mol. The number of carbonyl (C=O) groups is 4. The lowest BCUT2D eigenvalue weighted by molar-refractivity contribution is -0.146. The van der Waals surface area contributed by atoms with Crippen LogP contribution in [-0.4, -0.2) is 47.3 Å². The molecule has 7 nitrogen and oxygen atoms in total. The van der Waals surface area contributed by atoms with Crippen LogP contribution in [-0.2, 0) is 14.3 Å². The van der Waals surface area contributed by atoms with E-state index in [1.54, 1.807) is 19.9 Å². The number of hydrogen-bond acceptors (Lipinski definition) is 6. The van der Waals surface area contributed by atoms with Crippen molar-refractivity contribution in [2.24, 2.45) is 0 Å². The lowest BCUT2D eigenvalue weighted by atomic mass is 9.93. The van der Waals surface area contributed by atoms with E-state index in [0.29, 0.717) is 17.7 Å². The molecule has 0 saturated carbocycles. The quantitative estimate of drug-likeness (QED) is 0.459. The Hall–Kier alpha value is -2.22. The van der Waals surface area contributed by atoms with Gasteiger partial charge in [0.25, 0.3) is 5.91 Å². The van der Waals surface area contributed by atoms with Gasteiger partial charge in [0.15, 0.2) is 6.61 Å². The maximum absolute atomic E-state index is 12.4. The zero-order valence-electron chi connectivity index (χ0n) is 13.9. The zero-order valence-corrected chi connectivity index (χ0v) is 14.7. The minimum absolute atomic E-state index is 0.310. The average Bonchev–Trinajstić information content (AvgIpc) is 3.09. The molecule has 0 spiro atoms. The maximum Gasteiger partial charge on any atom is 0.326 e. The SMILES string of the molecule is CCC1(CC)NC(=O)N(CC(=O)OCC(=O)c2ccc(C)s2)C1=O. The molecule has 1 aliphatic rings. The van der Waals surface area contributed by atoms with Crippen LogP contribution in [0.15, 0.2) is 12.1 Å². The third kappa shape index (κ3) is 3.48. The number of thiophene rings is 1. The predicted octanol–water partition coefficient (Wildman–Crippen LogP) is 1.89. The summed E-state index contributed by atoms with van der Waals surface area (Å²) >= 11 is 1.32. The Balaban J connectivity index is 1.92. The van der Waals surface area contributed by atoms with Gasteiger partial charge in [0.1, 0.15) is 12.1 Å². The van der Waals surface area contributed by atoms with Crippen molar-refractivity contribution in [2.45, 2.75) is 39.2 Å². The van der Waals surface area contributed by atoms with Crippen LogP contribution in [0, 0.1) is 6.92 Å². The van der Waals surface area contributed by atoms with Crippen molar-refractivity contribution in [1.82, 2.24) is 10.2 Å². The Labute approximate surface area is 144 Å². The van der Waals surface area contributed by atoms with E-state index in [-0.39, 0.29) is 5.78 Å². The van der Waals surface area contributed by atoms with E-state index in [2.05, 4.69) is 5.32 Å². The van der Waals surface area contributed by atoms with Crippen molar-refractivity contribution >= 4 is 35.0 Å². The number of imide groups is 1. The van der Waals surface area contributed by atoms with E-state index in [1.807, 2.05) is 13.0 Å². The van der Waals surface area contributed by atoms with Gasteiger partial charge in [-0.05, 0) is 31.9 Å². The number of hydrogen-bond donors (Lipinski definition) is 1. The number of urea groups is 1. The van der Waals surface area contributed by atoms with Gasteiger partial charge in [-0.3, -0.25) is 19.3 Å². The van der Waals surface area contributed by atoms with Crippen LogP contribution in [0.4, 0.5) is 4.79 Å². The minimum Gasteiger partial charge on any atom is -0.456 e. The second-order valence-electron chi connectivity index (χ2n) is 5.60. The van der Waals surface area contributed by atoms with Gasteiger partial charge in [-0.25, -0.2) is 4.79 Å². The Kier molecular flexibility index (Phi) is 5.38. The van der Waals surface area contributed by atoms with Gasteiger partial charge in [-0.15, -0.1) is 11.3 Å². The molecular formula is C16H20N2O5S. The van der Waals surface area contributed by atoms with Gasteiger partial charge < -0.3 is 10.1 Å². The summed E-state index contributed by atoms with van der Waals surface area (Å²) in [5.74, 6) is -1.53. The summed E-state index contributed by atoms with van der Waals surface area (Å²) in [7, 11) is 0. The van der Waals surface area contributed by atoms with Crippen molar-refractivity contribution in [1.29, 1.82) is 0 Å². The number of nitrogens with one attached hydrogen (secondary N) is 1. The molecule has 0 unspecified atom stereocenters. The van der Waals surface area contributed by atoms with Crippen LogP contribution in [0.25, 0.3) is 0 Å². The van der Waals surface area contributed by atoms with Crippen LogP contribution in [0.2, 0.25) is 0 Å². The standard InChI is InChI=1S/C16H20N2O5S/c1-4-16(5-2)14(21)18(15(22)17-16)8-13(20)23-9-11(19)12-7-6-10(3)24-12/h6-7H,4-5,8-9H2,1-3H3,(H,17,22). The Morgan fingerprint density at radius 2 is 1.92 bits per heavy atom. The number of Topliss-reactive ketones (excluding diaryl/α,β-unsaturated/α-hetero) is 1. The summed E-state index contributed by atoms with van der Waals surface area (Å²) in [5.41, 5.74) is -0.957. The molecule has 0 aromatic carbocycles. The lowest BCUT2D eigenvalue weighted by Gasteiger charge is -2.22. The summed E-state index contributed by atoms with van der Waals surface area (Å²) in [6, 6.07) is 2.87. The summed E-state index contributed by atoms with van der Waals surface area (Å²) in [6.07, 6.45) is 0.881. The Morgan fingerprint density at radius 1 is 1.25 bits per heavy atom. The fourth-order valence-corrected chi connectivity index (χ4v) is 3.32. The van der Waals surface area contributed by atoms with Gasteiger partial charge >= 0.3 is 12.0 Å². The van der Waals surface area contributed by atoms with E-state index in [0.717, 1.165) is 9.78 Å². The van der Waals surface area contributed by atoms with Gasteiger partial charge in [0.2, 0.25) is 5.78 Å². The second-order valence-corrected chi connectivity index (χ2v) is 6.89. The largest absolute Gasteiger partial charge is 0.456 e. The molecule has 0 radical (unpaired) electrons. The molecule has 2 heterocycles. The van der Waals surface area contributed by atoms with Gasteiger partial charge in [0, 0.05) is 4.88 Å². The number of ether oxygens (including phenoxy) is 1. The second kappa shape index (κ2) is 7.12. The number of nitrogens with zero attached hydrogens (tertiary/aromatic N) is 1. The van der Waals surface area contributed by atoms with E-state index in [9.17, 15) is 19.2 Å². The number of esters is 1. The molecule has 3 amide bonds. The van der Waals surface area contributed by atoms with Crippen LogP contribution in [0.3, 0.4) is 0 Å². The van der Waals surface area contributed by atoms with Crippen molar-refractivity contribution < 1.29 is 23.9 Å². The number of aryl methyl sites for hydroxylation is 1. The molecule has 1 aromatic rings. The fourth-order valence-electron chi connectivity index (χ4n) is 2.53. The molecule has 8 heteroatoms. The third-order valence-corrected chi connectivity index (χ3v) is 5.16. The first-order valence-corrected chi connectivity index (χ1v) is 8.54. The van der Waals surface area contributed by atoms with E-state index in [1.165, 1.54) is 11.3 Å². The van der Waals surface area contributed by atoms with Gasteiger partial charge in [-0.2, -0.15) is 0 Å². The highest BCUT2D eigenvalue weighted by Gasteiger charge is 2.49. The van der Waals surface area contributed by atoms with Crippen molar-refractivity contribution in [3.05, 3.63) is 21.9 Å². The zero-order chi connectivity index (χ0) is 17.9. The van der Waals surface area contributed by atoms with E-state index in [4.69, 9.17) is 4.74 Å². The normalized spacial score (nSPS) is 16.2. The first-order chi connectivity index (χ1) is 11.3. The average molecular weight is 352 g/mol. The minimum atomic E-state index is -0.957. The van der Waals surface area contributed by atoms with Crippen LogP contribution >= 0.6 is 11.3 Å².